The van der Waals surface area contributed by atoms with Crippen LogP contribution in [0.25, 0.3) is 6.08 Å². The minimum Gasteiger partial charge on any atom is -0.366 e. The molecule has 1 saturated heterocycles. The van der Waals surface area contributed by atoms with Gasteiger partial charge in [-0.15, -0.1) is 0 Å². The van der Waals surface area contributed by atoms with Crippen LogP contribution in [0.2, 0.25) is 0 Å². The third kappa shape index (κ3) is 4.09. The summed E-state index contributed by atoms with van der Waals surface area (Å²) in [7, 11) is 0. The highest BCUT2D eigenvalue weighted by Crippen LogP contribution is 2.31. The van der Waals surface area contributed by atoms with Gasteiger partial charge in [-0.2, -0.15) is 4.99 Å². The largest absolute Gasteiger partial charge is 0.366 e. The first-order valence-electron chi connectivity index (χ1n) is 8.63. The second kappa shape index (κ2) is 7.86. The Morgan fingerprint density at radius 2 is 1.78 bits per heavy atom. The molecule has 2 aliphatic heterocycles. The SMILES string of the molecule is O=C1N=C(N2CCN(c3ccccc3F)CC2)SC1=Cc1cccc(Br)c1. The molecule has 0 radical (unpaired) electrons. The van der Waals surface area contributed by atoms with Crippen LogP contribution < -0.4 is 4.90 Å². The number of halogens is 2. The first-order chi connectivity index (χ1) is 13.1. The number of amidine groups is 1. The summed E-state index contributed by atoms with van der Waals surface area (Å²) in [6, 6.07) is 14.6. The molecule has 4 nitrogen and oxygen atoms in total. The van der Waals surface area contributed by atoms with Gasteiger partial charge in [0.1, 0.15) is 5.82 Å². The van der Waals surface area contributed by atoms with Gasteiger partial charge in [-0.3, -0.25) is 4.79 Å². The molecule has 0 aromatic heterocycles. The molecule has 0 spiro atoms. The van der Waals surface area contributed by atoms with Crippen molar-refractivity contribution < 1.29 is 9.18 Å². The van der Waals surface area contributed by atoms with E-state index in [0.29, 0.717) is 36.8 Å². The van der Waals surface area contributed by atoms with Crippen LogP contribution in [0.1, 0.15) is 5.56 Å². The summed E-state index contributed by atoms with van der Waals surface area (Å²) in [5.41, 5.74) is 1.59. The quantitative estimate of drug-likeness (QED) is 0.642. The Morgan fingerprint density at radius 1 is 1.04 bits per heavy atom. The zero-order valence-electron chi connectivity index (χ0n) is 14.4. The van der Waals surface area contributed by atoms with Gasteiger partial charge in [0.2, 0.25) is 0 Å². The minimum absolute atomic E-state index is 0.201. The van der Waals surface area contributed by atoms with E-state index in [-0.39, 0.29) is 11.7 Å². The van der Waals surface area contributed by atoms with Crippen molar-refractivity contribution >= 4 is 50.5 Å². The summed E-state index contributed by atoms with van der Waals surface area (Å²) in [6.45, 7) is 2.80. The number of anilines is 1. The number of carbonyl (C=O) groups is 1. The maximum Gasteiger partial charge on any atom is 0.286 e. The molecule has 0 saturated carbocycles. The number of aliphatic imine (C=N–C) groups is 1. The Morgan fingerprint density at radius 3 is 2.52 bits per heavy atom. The molecule has 1 amide bonds. The summed E-state index contributed by atoms with van der Waals surface area (Å²) >= 11 is 4.85. The fourth-order valence-electron chi connectivity index (χ4n) is 3.13. The van der Waals surface area contributed by atoms with E-state index in [2.05, 4.69) is 25.8 Å². The van der Waals surface area contributed by atoms with Gasteiger partial charge in [0, 0.05) is 30.7 Å². The van der Waals surface area contributed by atoms with E-state index in [1.807, 2.05) is 41.3 Å². The maximum absolute atomic E-state index is 14.0. The molecule has 1 fully saturated rings. The van der Waals surface area contributed by atoms with Gasteiger partial charge in [0.15, 0.2) is 5.17 Å². The van der Waals surface area contributed by atoms with Gasteiger partial charge in [-0.05, 0) is 47.7 Å². The van der Waals surface area contributed by atoms with Crippen molar-refractivity contribution in [3.63, 3.8) is 0 Å². The molecule has 0 bridgehead atoms. The Balaban J connectivity index is 1.42. The molecule has 0 unspecified atom stereocenters. The van der Waals surface area contributed by atoms with Crippen molar-refractivity contribution in [2.75, 3.05) is 31.1 Å². The number of nitrogens with zero attached hydrogens (tertiary/aromatic N) is 3. The topological polar surface area (TPSA) is 35.9 Å². The van der Waals surface area contributed by atoms with Gasteiger partial charge in [0.05, 0.1) is 10.6 Å². The normalized spacial score (nSPS) is 19.0. The Labute approximate surface area is 169 Å². The van der Waals surface area contributed by atoms with E-state index in [1.54, 1.807) is 12.1 Å². The molecule has 0 atom stereocenters. The smallest absolute Gasteiger partial charge is 0.286 e. The first kappa shape index (κ1) is 18.3. The second-order valence-electron chi connectivity index (χ2n) is 6.29. The van der Waals surface area contributed by atoms with Gasteiger partial charge < -0.3 is 9.80 Å². The highest BCUT2D eigenvalue weighted by atomic mass is 79.9. The minimum atomic E-state index is -0.202. The molecule has 2 aliphatic rings. The highest BCUT2D eigenvalue weighted by Gasteiger charge is 2.29. The van der Waals surface area contributed by atoms with Crippen molar-refractivity contribution in [3.8, 4) is 0 Å². The van der Waals surface area contributed by atoms with E-state index in [4.69, 9.17) is 0 Å². The standard InChI is InChI=1S/C20H17BrFN3OS/c21-15-5-3-4-14(12-15)13-18-19(26)23-20(27-18)25-10-8-24(9-11-25)17-7-2-1-6-16(17)22/h1-7,12-13H,8-11H2. The second-order valence-corrected chi connectivity index (χ2v) is 8.22. The lowest BCUT2D eigenvalue weighted by Crippen LogP contribution is -2.48. The lowest BCUT2D eigenvalue weighted by atomic mass is 10.2. The van der Waals surface area contributed by atoms with E-state index < -0.39 is 0 Å². The molecular weight excluding hydrogens is 429 g/mol. The van der Waals surface area contributed by atoms with Gasteiger partial charge in [-0.25, -0.2) is 4.39 Å². The van der Waals surface area contributed by atoms with Crippen LogP contribution in [0, 0.1) is 5.82 Å². The summed E-state index contributed by atoms with van der Waals surface area (Å²) in [5.74, 6) is -0.403. The average molecular weight is 446 g/mol. The van der Waals surface area contributed by atoms with Crippen molar-refractivity contribution in [1.29, 1.82) is 0 Å². The van der Waals surface area contributed by atoms with E-state index in [9.17, 15) is 9.18 Å². The molecule has 7 heteroatoms. The van der Waals surface area contributed by atoms with Crippen LogP contribution in [0.4, 0.5) is 10.1 Å². The van der Waals surface area contributed by atoms with Crippen molar-refractivity contribution in [1.82, 2.24) is 4.90 Å². The fourth-order valence-corrected chi connectivity index (χ4v) is 4.51. The molecule has 27 heavy (non-hydrogen) atoms. The van der Waals surface area contributed by atoms with Crippen LogP contribution in [0.3, 0.4) is 0 Å². The van der Waals surface area contributed by atoms with Crippen LogP contribution in [0.5, 0.6) is 0 Å². The zero-order valence-corrected chi connectivity index (χ0v) is 16.8. The molecule has 2 aromatic carbocycles. The number of hydrogen-bond acceptors (Lipinski definition) is 4. The third-order valence-electron chi connectivity index (χ3n) is 4.50. The molecule has 0 N–H and O–H groups in total. The Hall–Kier alpha value is -2.12. The number of carbonyl (C=O) groups excluding carboxylic acids is 1. The number of piperazine rings is 1. The summed E-state index contributed by atoms with van der Waals surface area (Å²) in [6.07, 6.45) is 1.86. The van der Waals surface area contributed by atoms with Crippen LogP contribution in [0.15, 0.2) is 62.9 Å². The van der Waals surface area contributed by atoms with Crippen LogP contribution in [-0.2, 0) is 4.79 Å². The maximum atomic E-state index is 14.0. The number of hydrogen-bond donors (Lipinski definition) is 0. The molecule has 4 rings (SSSR count). The molecule has 2 heterocycles. The highest BCUT2D eigenvalue weighted by molar-refractivity contribution is 9.10. The monoisotopic (exact) mass is 445 g/mol. The van der Waals surface area contributed by atoms with E-state index in [0.717, 1.165) is 15.2 Å². The third-order valence-corrected chi connectivity index (χ3v) is 6.04. The van der Waals surface area contributed by atoms with Gasteiger partial charge in [-0.1, -0.05) is 40.2 Å². The lowest BCUT2D eigenvalue weighted by molar-refractivity contribution is -0.113. The summed E-state index contributed by atoms with van der Waals surface area (Å²) in [4.78, 5) is 21.3. The predicted octanol–water partition coefficient (Wildman–Crippen LogP) is 4.38. The molecule has 0 aliphatic carbocycles. The van der Waals surface area contributed by atoms with Gasteiger partial charge in [0.25, 0.3) is 5.91 Å². The van der Waals surface area contributed by atoms with Gasteiger partial charge >= 0.3 is 0 Å². The van der Waals surface area contributed by atoms with E-state index >= 15 is 0 Å². The molecular formula is C20H17BrFN3OS. The Kier molecular flexibility index (Phi) is 5.31. The van der Waals surface area contributed by atoms with Crippen molar-refractivity contribution in [3.05, 3.63) is 69.3 Å². The number of benzene rings is 2. The van der Waals surface area contributed by atoms with Crippen molar-refractivity contribution in [2.24, 2.45) is 4.99 Å². The fraction of sp³-hybridized carbons (Fsp3) is 0.200. The lowest BCUT2D eigenvalue weighted by Gasteiger charge is -2.36. The Bertz CT molecular complexity index is 938. The molecule has 138 valence electrons. The molecule has 2 aromatic rings. The van der Waals surface area contributed by atoms with E-state index in [1.165, 1.54) is 17.8 Å². The van der Waals surface area contributed by atoms with Crippen molar-refractivity contribution in [2.45, 2.75) is 0 Å². The van der Waals surface area contributed by atoms with Crippen LogP contribution in [-0.4, -0.2) is 42.2 Å². The number of rotatable bonds is 2. The number of para-hydroxylation sites is 1. The average Bonchev–Trinajstić information content (AvgIpc) is 3.03. The summed E-state index contributed by atoms with van der Waals surface area (Å²) in [5, 5.41) is 0.731. The summed E-state index contributed by atoms with van der Waals surface area (Å²) < 4.78 is 14.9. The zero-order chi connectivity index (χ0) is 18.8. The predicted molar refractivity (Wildman–Crippen MR) is 112 cm³/mol. The van der Waals surface area contributed by atoms with Crippen LogP contribution >= 0.6 is 27.7 Å². The number of thioether (sulfide) groups is 1. The first-order valence-corrected chi connectivity index (χ1v) is 10.2. The number of amides is 1.